The smallest absolute Gasteiger partial charge is 0.404 e. The molecule has 1 atom stereocenters. The second kappa shape index (κ2) is 5.48. The lowest BCUT2D eigenvalue weighted by atomic mass is 10.1. The minimum Gasteiger partial charge on any atom is -0.404 e. The van der Waals surface area contributed by atoms with Crippen LogP contribution in [0.25, 0.3) is 0 Å². The SMILES string of the molecule is O=C(Nc1ccccc1OC(F)(F)F)[C@H]1CCOC1. The van der Waals surface area contributed by atoms with Crippen molar-refractivity contribution in [1.29, 1.82) is 0 Å². The van der Waals surface area contributed by atoms with Crippen LogP contribution in [0.3, 0.4) is 0 Å². The Labute approximate surface area is 107 Å². The Morgan fingerprint density at radius 1 is 1.37 bits per heavy atom. The van der Waals surface area contributed by atoms with Gasteiger partial charge in [-0.25, -0.2) is 0 Å². The summed E-state index contributed by atoms with van der Waals surface area (Å²) in [6, 6.07) is 5.42. The van der Waals surface area contributed by atoms with E-state index >= 15 is 0 Å². The first-order valence-electron chi connectivity index (χ1n) is 5.69. The molecule has 0 saturated carbocycles. The van der Waals surface area contributed by atoms with E-state index in [1.165, 1.54) is 18.2 Å². The van der Waals surface area contributed by atoms with E-state index in [1.54, 1.807) is 0 Å². The van der Waals surface area contributed by atoms with Crippen molar-refractivity contribution in [2.75, 3.05) is 18.5 Å². The first-order chi connectivity index (χ1) is 8.96. The summed E-state index contributed by atoms with van der Waals surface area (Å²) in [6.07, 6.45) is -4.23. The monoisotopic (exact) mass is 275 g/mol. The first kappa shape index (κ1) is 13.7. The molecule has 1 fully saturated rings. The summed E-state index contributed by atoms with van der Waals surface area (Å²) in [4.78, 5) is 11.8. The van der Waals surface area contributed by atoms with Crippen molar-refractivity contribution >= 4 is 11.6 Å². The van der Waals surface area contributed by atoms with Gasteiger partial charge in [-0.05, 0) is 18.6 Å². The van der Waals surface area contributed by atoms with E-state index in [4.69, 9.17) is 4.74 Å². The van der Waals surface area contributed by atoms with Crippen LogP contribution in [0.15, 0.2) is 24.3 Å². The molecule has 1 aliphatic rings. The highest BCUT2D eigenvalue weighted by molar-refractivity contribution is 5.94. The number of para-hydroxylation sites is 2. The van der Waals surface area contributed by atoms with Gasteiger partial charge < -0.3 is 14.8 Å². The molecule has 1 aromatic rings. The number of amides is 1. The molecule has 1 N–H and O–H groups in total. The lowest BCUT2D eigenvalue weighted by Crippen LogP contribution is -2.24. The maximum atomic E-state index is 12.2. The first-order valence-corrected chi connectivity index (χ1v) is 5.69. The van der Waals surface area contributed by atoms with Crippen LogP contribution in [-0.2, 0) is 9.53 Å². The lowest BCUT2D eigenvalue weighted by molar-refractivity contribution is -0.274. The molecule has 0 aromatic heterocycles. The molecule has 2 rings (SSSR count). The van der Waals surface area contributed by atoms with Crippen LogP contribution in [-0.4, -0.2) is 25.5 Å². The van der Waals surface area contributed by atoms with Gasteiger partial charge in [0.15, 0.2) is 5.75 Å². The van der Waals surface area contributed by atoms with E-state index in [-0.39, 0.29) is 24.1 Å². The minimum atomic E-state index is -4.79. The van der Waals surface area contributed by atoms with E-state index in [2.05, 4.69) is 10.1 Å². The number of hydrogen-bond acceptors (Lipinski definition) is 3. The van der Waals surface area contributed by atoms with Gasteiger partial charge in [-0.3, -0.25) is 4.79 Å². The zero-order valence-corrected chi connectivity index (χ0v) is 9.87. The van der Waals surface area contributed by atoms with Crippen LogP contribution >= 0.6 is 0 Å². The Bertz CT molecular complexity index is 456. The second-order valence-corrected chi connectivity index (χ2v) is 4.09. The summed E-state index contributed by atoms with van der Waals surface area (Å²) in [5.74, 6) is -1.13. The van der Waals surface area contributed by atoms with Gasteiger partial charge in [-0.15, -0.1) is 13.2 Å². The van der Waals surface area contributed by atoms with E-state index < -0.39 is 12.1 Å². The van der Waals surface area contributed by atoms with Gasteiger partial charge in [0.25, 0.3) is 0 Å². The Morgan fingerprint density at radius 3 is 2.74 bits per heavy atom. The number of alkyl halides is 3. The highest BCUT2D eigenvalue weighted by Crippen LogP contribution is 2.30. The summed E-state index contributed by atoms with van der Waals surface area (Å²) in [7, 11) is 0. The predicted octanol–water partition coefficient (Wildman–Crippen LogP) is 2.56. The number of carbonyl (C=O) groups excluding carboxylic acids is 1. The van der Waals surface area contributed by atoms with Gasteiger partial charge in [-0.2, -0.15) is 0 Å². The molecule has 4 nitrogen and oxygen atoms in total. The molecule has 104 valence electrons. The van der Waals surface area contributed by atoms with Crippen LogP contribution < -0.4 is 10.1 Å². The molecule has 7 heteroatoms. The number of halogens is 3. The summed E-state index contributed by atoms with van der Waals surface area (Å²) < 4.78 is 45.5. The van der Waals surface area contributed by atoms with Gasteiger partial charge in [0.1, 0.15) is 0 Å². The average Bonchev–Trinajstić information content (AvgIpc) is 2.83. The van der Waals surface area contributed by atoms with Crippen molar-refractivity contribution in [3.05, 3.63) is 24.3 Å². The summed E-state index contributed by atoms with van der Waals surface area (Å²) in [5, 5.41) is 2.43. The number of nitrogens with one attached hydrogen (secondary N) is 1. The lowest BCUT2D eigenvalue weighted by Gasteiger charge is -2.15. The standard InChI is InChI=1S/C12H12F3NO3/c13-12(14,15)19-10-4-2-1-3-9(10)16-11(17)8-5-6-18-7-8/h1-4,8H,5-7H2,(H,16,17)/t8-/m0/s1. The minimum absolute atomic E-state index is 0.00303. The van der Waals surface area contributed by atoms with E-state index in [9.17, 15) is 18.0 Å². The van der Waals surface area contributed by atoms with Crippen LogP contribution in [0, 0.1) is 5.92 Å². The molecule has 0 unspecified atom stereocenters. The van der Waals surface area contributed by atoms with Crippen molar-refractivity contribution in [3.8, 4) is 5.75 Å². The van der Waals surface area contributed by atoms with Crippen molar-refractivity contribution in [2.45, 2.75) is 12.8 Å². The molecule has 1 heterocycles. The molecular weight excluding hydrogens is 263 g/mol. The van der Waals surface area contributed by atoms with Gasteiger partial charge >= 0.3 is 6.36 Å². The fraction of sp³-hybridized carbons (Fsp3) is 0.417. The van der Waals surface area contributed by atoms with Crippen LogP contribution in [0.4, 0.5) is 18.9 Å². The topological polar surface area (TPSA) is 47.6 Å². The molecule has 0 bridgehead atoms. The third-order valence-corrected chi connectivity index (χ3v) is 2.67. The van der Waals surface area contributed by atoms with Gasteiger partial charge in [-0.1, -0.05) is 12.1 Å². The molecule has 0 radical (unpaired) electrons. The maximum Gasteiger partial charge on any atom is 0.573 e. The Hall–Kier alpha value is -1.76. The number of benzene rings is 1. The number of rotatable bonds is 3. The third kappa shape index (κ3) is 3.85. The second-order valence-electron chi connectivity index (χ2n) is 4.09. The number of ether oxygens (including phenoxy) is 2. The van der Waals surface area contributed by atoms with Crippen molar-refractivity contribution in [1.82, 2.24) is 0 Å². The quantitative estimate of drug-likeness (QED) is 0.922. The van der Waals surface area contributed by atoms with Crippen LogP contribution in [0.2, 0.25) is 0 Å². The Morgan fingerprint density at radius 2 is 2.11 bits per heavy atom. The normalized spacial score (nSPS) is 19.2. The fourth-order valence-corrected chi connectivity index (χ4v) is 1.76. The number of anilines is 1. The summed E-state index contributed by atoms with van der Waals surface area (Å²) in [5.41, 5.74) is -0.00303. The number of carbonyl (C=O) groups is 1. The van der Waals surface area contributed by atoms with Gasteiger partial charge in [0.05, 0.1) is 18.2 Å². The van der Waals surface area contributed by atoms with Crippen molar-refractivity contribution in [3.63, 3.8) is 0 Å². The molecule has 0 aliphatic carbocycles. The molecule has 1 saturated heterocycles. The summed E-state index contributed by atoms with van der Waals surface area (Å²) >= 11 is 0. The zero-order chi connectivity index (χ0) is 13.9. The molecule has 1 aromatic carbocycles. The Balaban J connectivity index is 2.09. The van der Waals surface area contributed by atoms with E-state index in [0.717, 1.165) is 6.07 Å². The Kier molecular flexibility index (Phi) is 3.94. The van der Waals surface area contributed by atoms with Crippen molar-refractivity contribution in [2.24, 2.45) is 5.92 Å². The predicted molar refractivity (Wildman–Crippen MR) is 60.7 cm³/mol. The molecular formula is C12H12F3NO3. The number of hydrogen-bond donors (Lipinski definition) is 1. The van der Waals surface area contributed by atoms with Crippen molar-refractivity contribution < 1.29 is 27.4 Å². The van der Waals surface area contributed by atoms with Gasteiger partial charge in [0.2, 0.25) is 5.91 Å². The average molecular weight is 275 g/mol. The zero-order valence-electron chi connectivity index (χ0n) is 9.87. The van der Waals surface area contributed by atoms with E-state index in [0.29, 0.717) is 13.0 Å². The van der Waals surface area contributed by atoms with Gasteiger partial charge in [0, 0.05) is 6.61 Å². The molecule has 0 spiro atoms. The largest absolute Gasteiger partial charge is 0.573 e. The molecule has 19 heavy (non-hydrogen) atoms. The van der Waals surface area contributed by atoms with Crippen LogP contribution in [0.1, 0.15) is 6.42 Å². The molecule has 1 aliphatic heterocycles. The maximum absolute atomic E-state index is 12.2. The highest BCUT2D eigenvalue weighted by atomic mass is 19.4. The highest BCUT2D eigenvalue weighted by Gasteiger charge is 2.32. The summed E-state index contributed by atoms with van der Waals surface area (Å²) in [6.45, 7) is 0.771. The van der Waals surface area contributed by atoms with Crippen LogP contribution in [0.5, 0.6) is 5.75 Å². The fourth-order valence-electron chi connectivity index (χ4n) is 1.76. The van der Waals surface area contributed by atoms with E-state index in [1.807, 2.05) is 0 Å². The molecule has 1 amide bonds. The third-order valence-electron chi connectivity index (χ3n) is 2.67.